The molecule has 170 valence electrons. The van der Waals surface area contributed by atoms with Crippen molar-refractivity contribution in [3.05, 3.63) is 82.7 Å². The highest BCUT2D eigenvalue weighted by Crippen LogP contribution is 2.29. The van der Waals surface area contributed by atoms with Gasteiger partial charge in [0.25, 0.3) is 0 Å². The minimum atomic E-state index is -3.67. The number of sulfonamides is 1. The molecule has 2 aromatic carbocycles. The predicted molar refractivity (Wildman–Crippen MR) is 126 cm³/mol. The van der Waals surface area contributed by atoms with Crippen LogP contribution < -0.4 is 9.46 Å². The number of benzene rings is 2. The van der Waals surface area contributed by atoms with Crippen molar-refractivity contribution in [1.82, 2.24) is 14.2 Å². The van der Waals surface area contributed by atoms with Gasteiger partial charge in [0, 0.05) is 38.6 Å². The summed E-state index contributed by atoms with van der Waals surface area (Å²) >= 11 is 0. The number of methoxy groups -OCH3 is 1. The number of ether oxygens (including phenoxy) is 1. The second-order valence-corrected chi connectivity index (χ2v) is 10.3. The number of aromatic nitrogens is 1. The molecule has 0 bridgehead atoms. The fourth-order valence-corrected chi connectivity index (χ4v) is 5.89. The predicted octanol–water partition coefficient (Wildman–Crippen LogP) is 3.73. The van der Waals surface area contributed by atoms with Gasteiger partial charge in [-0.25, -0.2) is 13.1 Å². The maximum atomic E-state index is 13.2. The summed E-state index contributed by atoms with van der Waals surface area (Å²) in [4.78, 5) is 2.63. The molecule has 1 aliphatic heterocycles. The fraction of sp³-hybridized carbons (Fsp3) is 0.360. The normalized spacial score (nSPS) is 15.4. The average Bonchev–Trinajstić information content (AvgIpc) is 3.19. The van der Waals surface area contributed by atoms with Gasteiger partial charge in [0.1, 0.15) is 5.75 Å². The molecule has 0 saturated carbocycles. The SMILES string of the molecule is COc1c(C)cc(S(=O)(=O)NCC(c2cccn2C)N2CCc3ccccc3C2)cc1C. The summed E-state index contributed by atoms with van der Waals surface area (Å²) in [5, 5.41) is 0. The quantitative estimate of drug-likeness (QED) is 0.592. The molecule has 7 heteroatoms. The molecule has 0 aliphatic carbocycles. The first-order chi connectivity index (χ1) is 15.3. The summed E-state index contributed by atoms with van der Waals surface area (Å²) in [5.41, 5.74) is 5.38. The number of fused-ring (bicyclic) bond motifs is 1. The van der Waals surface area contributed by atoms with Gasteiger partial charge >= 0.3 is 0 Å². The molecule has 3 aromatic rings. The van der Waals surface area contributed by atoms with E-state index >= 15 is 0 Å². The Morgan fingerprint density at radius 3 is 2.38 bits per heavy atom. The van der Waals surface area contributed by atoms with Crippen molar-refractivity contribution in [3.63, 3.8) is 0 Å². The number of rotatable bonds is 7. The Kier molecular flexibility index (Phi) is 6.42. The van der Waals surface area contributed by atoms with Gasteiger partial charge in [0.2, 0.25) is 10.0 Å². The number of hydrogen-bond acceptors (Lipinski definition) is 4. The summed E-state index contributed by atoms with van der Waals surface area (Å²) in [6, 6.07) is 15.8. The molecule has 0 fully saturated rings. The highest BCUT2D eigenvalue weighted by Gasteiger charge is 2.28. The topological polar surface area (TPSA) is 63.6 Å². The van der Waals surface area contributed by atoms with E-state index in [0.29, 0.717) is 6.54 Å². The van der Waals surface area contributed by atoms with Crippen LogP contribution in [0.4, 0.5) is 0 Å². The van der Waals surface area contributed by atoms with E-state index in [4.69, 9.17) is 4.74 Å². The van der Waals surface area contributed by atoms with E-state index in [1.165, 1.54) is 11.1 Å². The van der Waals surface area contributed by atoms with Crippen LogP contribution in [0.25, 0.3) is 0 Å². The lowest BCUT2D eigenvalue weighted by atomic mass is 9.98. The Balaban J connectivity index is 1.59. The lowest BCUT2D eigenvalue weighted by Gasteiger charge is -2.36. The van der Waals surface area contributed by atoms with Crippen LogP contribution in [0, 0.1) is 13.8 Å². The maximum Gasteiger partial charge on any atom is 0.240 e. The van der Waals surface area contributed by atoms with Crippen LogP contribution >= 0.6 is 0 Å². The molecule has 0 amide bonds. The molecule has 0 spiro atoms. The van der Waals surface area contributed by atoms with Gasteiger partial charge in [-0.05, 0) is 66.8 Å². The standard InChI is InChI=1S/C25H31N3O3S/c1-18-14-22(15-19(2)25(18)31-4)32(29,30)26-16-24(23-10-7-12-27(23)3)28-13-11-20-8-5-6-9-21(20)17-28/h5-10,12,14-15,24,26H,11,13,16-17H2,1-4H3. The minimum absolute atomic E-state index is 0.0708. The molecule has 0 saturated heterocycles. The van der Waals surface area contributed by atoms with Gasteiger partial charge in [-0.15, -0.1) is 0 Å². The molecule has 6 nitrogen and oxygen atoms in total. The summed E-state index contributed by atoms with van der Waals surface area (Å²) in [5.74, 6) is 0.720. The van der Waals surface area contributed by atoms with E-state index in [1.807, 2.05) is 33.2 Å². The summed E-state index contributed by atoms with van der Waals surface area (Å²) in [7, 11) is -0.0648. The van der Waals surface area contributed by atoms with Crippen LogP contribution in [0.1, 0.15) is 34.0 Å². The van der Waals surface area contributed by atoms with Crippen LogP contribution in [-0.2, 0) is 30.0 Å². The zero-order valence-electron chi connectivity index (χ0n) is 19.1. The molecule has 1 atom stereocenters. The molecule has 32 heavy (non-hydrogen) atoms. The smallest absolute Gasteiger partial charge is 0.240 e. The molecular formula is C25H31N3O3S. The third-order valence-corrected chi connectivity index (χ3v) is 7.74. The van der Waals surface area contributed by atoms with Crippen molar-refractivity contribution in [2.45, 2.75) is 37.8 Å². The minimum Gasteiger partial charge on any atom is -0.496 e. The maximum absolute atomic E-state index is 13.2. The molecular weight excluding hydrogens is 422 g/mol. The summed E-state index contributed by atoms with van der Waals surface area (Å²) in [6.45, 7) is 5.71. The van der Waals surface area contributed by atoms with Gasteiger partial charge in [-0.1, -0.05) is 24.3 Å². The van der Waals surface area contributed by atoms with E-state index in [9.17, 15) is 8.42 Å². The van der Waals surface area contributed by atoms with E-state index in [-0.39, 0.29) is 10.9 Å². The van der Waals surface area contributed by atoms with Crippen molar-refractivity contribution in [2.24, 2.45) is 7.05 Å². The van der Waals surface area contributed by atoms with Crippen molar-refractivity contribution in [2.75, 3.05) is 20.2 Å². The first-order valence-corrected chi connectivity index (χ1v) is 12.4. The Hall–Kier alpha value is -2.61. The summed E-state index contributed by atoms with van der Waals surface area (Å²) < 4.78 is 36.7. The van der Waals surface area contributed by atoms with Crippen molar-refractivity contribution in [3.8, 4) is 5.75 Å². The second kappa shape index (κ2) is 9.10. The van der Waals surface area contributed by atoms with Crippen LogP contribution in [0.15, 0.2) is 59.6 Å². The molecule has 1 aliphatic rings. The Bertz CT molecular complexity index is 1190. The number of nitrogens with zero attached hydrogens (tertiary/aromatic N) is 2. The second-order valence-electron chi connectivity index (χ2n) is 8.49. The van der Waals surface area contributed by atoms with Crippen molar-refractivity contribution >= 4 is 10.0 Å². The van der Waals surface area contributed by atoms with Gasteiger partial charge in [0.15, 0.2) is 0 Å². The van der Waals surface area contributed by atoms with E-state index in [0.717, 1.165) is 42.1 Å². The lowest BCUT2D eigenvalue weighted by Crippen LogP contribution is -2.41. The lowest BCUT2D eigenvalue weighted by molar-refractivity contribution is 0.174. The third-order valence-electron chi connectivity index (χ3n) is 6.34. The highest BCUT2D eigenvalue weighted by molar-refractivity contribution is 7.89. The number of hydrogen-bond donors (Lipinski definition) is 1. The van der Waals surface area contributed by atoms with Gasteiger partial charge < -0.3 is 9.30 Å². The van der Waals surface area contributed by atoms with E-state index in [1.54, 1.807) is 19.2 Å². The van der Waals surface area contributed by atoms with Crippen LogP contribution in [0.3, 0.4) is 0 Å². The van der Waals surface area contributed by atoms with E-state index in [2.05, 4.69) is 44.5 Å². The van der Waals surface area contributed by atoms with E-state index < -0.39 is 10.0 Å². The molecule has 2 heterocycles. The first-order valence-electron chi connectivity index (χ1n) is 10.9. The number of nitrogens with one attached hydrogen (secondary N) is 1. The van der Waals surface area contributed by atoms with Gasteiger partial charge in [-0.2, -0.15) is 0 Å². The Morgan fingerprint density at radius 1 is 1.06 bits per heavy atom. The zero-order chi connectivity index (χ0) is 22.9. The molecule has 1 aromatic heterocycles. The van der Waals surface area contributed by atoms with Crippen LogP contribution in [-0.4, -0.2) is 38.1 Å². The Morgan fingerprint density at radius 2 is 1.75 bits per heavy atom. The van der Waals surface area contributed by atoms with Crippen molar-refractivity contribution < 1.29 is 13.2 Å². The van der Waals surface area contributed by atoms with Crippen LogP contribution in [0.2, 0.25) is 0 Å². The fourth-order valence-electron chi connectivity index (χ4n) is 4.68. The van der Waals surface area contributed by atoms with Crippen LogP contribution in [0.5, 0.6) is 5.75 Å². The molecule has 1 unspecified atom stereocenters. The molecule has 1 N–H and O–H groups in total. The monoisotopic (exact) mass is 453 g/mol. The van der Waals surface area contributed by atoms with Crippen molar-refractivity contribution in [1.29, 1.82) is 0 Å². The first kappa shape index (κ1) is 22.6. The summed E-state index contributed by atoms with van der Waals surface area (Å²) in [6.07, 6.45) is 2.96. The Labute approximate surface area is 190 Å². The number of aryl methyl sites for hydroxylation is 3. The third kappa shape index (κ3) is 4.46. The highest BCUT2D eigenvalue weighted by atomic mass is 32.2. The van der Waals surface area contributed by atoms with Gasteiger partial charge in [-0.3, -0.25) is 4.90 Å². The zero-order valence-corrected chi connectivity index (χ0v) is 19.9. The largest absolute Gasteiger partial charge is 0.496 e. The van der Waals surface area contributed by atoms with Gasteiger partial charge in [0.05, 0.1) is 18.0 Å². The molecule has 0 radical (unpaired) electrons. The average molecular weight is 454 g/mol. The molecule has 4 rings (SSSR count).